The molecular weight excluding hydrogens is 226 g/mol. The molecule has 0 spiro atoms. The van der Waals surface area contributed by atoms with Crippen molar-refractivity contribution in [2.45, 2.75) is 13.5 Å². The second kappa shape index (κ2) is 7.70. The average molecular weight is 247 g/mol. The summed E-state index contributed by atoms with van der Waals surface area (Å²) in [5, 5.41) is 12.3. The molecule has 4 heteroatoms. The van der Waals surface area contributed by atoms with Gasteiger partial charge in [0.2, 0.25) is 0 Å². The molecule has 0 saturated heterocycles. The van der Waals surface area contributed by atoms with Gasteiger partial charge in [-0.3, -0.25) is 0 Å². The highest BCUT2D eigenvalue weighted by molar-refractivity contribution is 5.45. The van der Waals surface area contributed by atoms with Crippen molar-refractivity contribution < 1.29 is 4.74 Å². The van der Waals surface area contributed by atoms with Gasteiger partial charge in [0.05, 0.1) is 12.7 Å². The van der Waals surface area contributed by atoms with E-state index in [1.165, 1.54) is 0 Å². The van der Waals surface area contributed by atoms with Crippen molar-refractivity contribution in [1.29, 1.82) is 5.26 Å². The lowest BCUT2D eigenvalue weighted by Gasteiger charge is -2.14. The van der Waals surface area contributed by atoms with E-state index in [0.29, 0.717) is 11.3 Å². The van der Waals surface area contributed by atoms with Crippen LogP contribution in [0.2, 0.25) is 0 Å². The van der Waals surface area contributed by atoms with E-state index in [-0.39, 0.29) is 0 Å². The van der Waals surface area contributed by atoms with E-state index in [0.717, 1.165) is 31.7 Å². The largest absolute Gasteiger partial charge is 0.495 e. The summed E-state index contributed by atoms with van der Waals surface area (Å²) in [7, 11) is 3.69. The zero-order valence-corrected chi connectivity index (χ0v) is 11.4. The molecule has 0 aliphatic rings. The van der Waals surface area contributed by atoms with Crippen molar-refractivity contribution in [3.05, 3.63) is 29.3 Å². The van der Waals surface area contributed by atoms with Gasteiger partial charge < -0.3 is 15.0 Å². The standard InChI is InChI=1S/C14H21N3O/c1-4-17(2)8-7-16-11-12-5-6-13(10-15)14(9-12)18-3/h5-6,9,16H,4,7-8,11H2,1-3H3. The zero-order valence-electron chi connectivity index (χ0n) is 11.4. The van der Waals surface area contributed by atoms with Crippen LogP contribution in [0.3, 0.4) is 0 Å². The number of ether oxygens (including phenoxy) is 1. The number of nitrogens with one attached hydrogen (secondary N) is 1. The molecule has 18 heavy (non-hydrogen) atoms. The fraction of sp³-hybridized carbons (Fsp3) is 0.500. The maximum atomic E-state index is 8.89. The number of hydrogen-bond acceptors (Lipinski definition) is 4. The van der Waals surface area contributed by atoms with E-state index in [1.54, 1.807) is 13.2 Å². The maximum absolute atomic E-state index is 8.89. The summed E-state index contributed by atoms with van der Waals surface area (Å²) >= 11 is 0. The smallest absolute Gasteiger partial charge is 0.136 e. The van der Waals surface area contributed by atoms with Crippen LogP contribution in [0.4, 0.5) is 0 Å². The van der Waals surface area contributed by atoms with Gasteiger partial charge in [-0.05, 0) is 31.3 Å². The van der Waals surface area contributed by atoms with Crippen LogP contribution in [0.15, 0.2) is 18.2 Å². The number of methoxy groups -OCH3 is 1. The van der Waals surface area contributed by atoms with Crippen molar-refractivity contribution in [1.82, 2.24) is 10.2 Å². The van der Waals surface area contributed by atoms with Crippen LogP contribution in [0.1, 0.15) is 18.1 Å². The first-order chi connectivity index (χ1) is 8.71. The topological polar surface area (TPSA) is 48.3 Å². The van der Waals surface area contributed by atoms with Gasteiger partial charge in [-0.15, -0.1) is 0 Å². The molecule has 0 heterocycles. The summed E-state index contributed by atoms with van der Waals surface area (Å²) in [6.45, 7) is 5.98. The molecule has 0 aliphatic carbocycles. The molecule has 98 valence electrons. The van der Waals surface area contributed by atoms with Gasteiger partial charge >= 0.3 is 0 Å². The van der Waals surface area contributed by atoms with Gasteiger partial charge in [0, 0.05) is 19.6 Å². The van der Waals surface area contributed by atoms with Crippen molar-refractivity contribution >= 4 is 0 Å². The van der Waals surface area contributed by atoms with Crippen LogP contribution in [0.25, 0.3) is 0 Å². The molecule has 1 N–H and O–H groups in total. The van der Waals surface area contributed by atoms with Crippen LogP contribution < -0.4 is 10.1 Å². The second-order valence-corrected chi connectivity index (χ2v) is 4.22. The van der Waals surface area contributed by atoms with E-state index in [4.69, 9.17) is 10.00 Å². The third kappa shape index (κ3) is 4.36. The van der Waals surface area contributed by atoms with Gasteiger partial charge in [-0.1, -0.05) is 13.0 Å². The first kappa shape index (κ1) is 14.5. The second-order valence-electron chi connectivity index (χ2n) is 4.22. The number of rotatable bonds is 7. The van der Waals surface area contributed by atoms with Gasteiger partial charge in [0.15, 0.2) is 0 Å². The normalized spacial score (nSPS) is 10.4. The Bertz CT molecular complexity index is 412. The molecule has 4 nitrogen and oxygen atoms in total. The molecule has 0 saturated carbocycles. The Morgan fingerprint density at radius 2 is 2.22 bits per heavy atom. The minimum absolute atomic E-state index is 0.576. The molecule has 0 unspecified atom stereocenters. The SMILES string of the molecule is CCN(C)CCNCc1ccc(C#N)c(OC)c1. The molecule has 0 aliphatic heterocycles. The summed E-state index contributed by atoms with van der Waals surface area (Å²) < 4.78 is 5.18. The van der Waals surface area contributed by atoms with Crippen molar-refractivity contribution in [2.75, 3.05) is 33.8 Å². The summed E-state index contributed by atoms with van der Waals surface area (Å²) in [6.07, 6.45) is 0. The molecule has 1 rings (SSSR count). The van der Waals surface area contributed by atoms with E-state index < -0.39 is 0 Å². The monoisotopic (exact) mass is 247 g/mol. The number of hydrogen-bond donors (Lipinski definition) is 1. The minimum Gasteiger partial charge on any atom is -0.495 e. The van der Waals surface area contributed by atoms with Crippen molar-refractivity contribution in [2.24, 2.45) is 0 Å². The van der Waals surface area contributed by atoms with Crippen LogP contribution in [-0.2, 0) is 6.54 Å². The van der Waals surface area contributed by atoms with Gasteiger partial charge in [0.25, 0.3) is 0 Å². The van der Waals surface area contributed by atoms with Crippen molar-refractivity contribution in [3.8, 4) is 11.8 Å². The predicted molar refractivity (Wildman–Crippen MR) is 72.6 cm³/mol. The average Bonchev–Trinajstić information content (AvgIpc) is 2.42. The minimum atomic E-state index is 0.576. The van der Waals surface area contributed by atoms with Crippen LogP contribution >= 0.6 is 0 Å². The molecule has 0 radical (unpaired) electrons. The number of benzene rings is 1. The highest BCUT2D eigenvalue weighted by Gasteiger charge is 2.03. The fourth-order valence-corrected chi connectivity index (χ4v) is 1.60. The summed E-state index contributed by atoms with van der Waals surface area (Å²) in [4.78, 5) is 2.26. The maximum Gasteiger partial charge on any atom is 0.136 e. The Hall–Kier alpha value is -1.57. The molecule has 1 aromatic carbocycles. The zero-order chi connectivity index (χ0) is 13.4. The van der Waals surface area contributed by atoms with E-state index in [1.807, 2.05) is 12.1 Å². The van der Waals surface area contributed by atoms with Crippen LogP contribution in [0, 0.1) is 11.3 Å². The fourth-order valence-electron chi connectivity index (χ4n) is 1.60. The first-order valence-corrected chi connectivity index (χ1v) is 6.17. The third-order valence-electron chi connectivity index (χ3n) is 2.93. The lowest BCUT2D eigenvalue weighted by Crippen LogP contribution is -2.28. The Morgan fingerprint density at radius 1 is 1.44 bits per heavy atom. The lowest BCUT2D eigenvalue weighted by molar-refractivity contribution is 0.349. The Balaban J connectivity index is 2.46. The Kier molecular flexibility index (Phi) is 6.20. The molecule has 0 atom stereocenters. The molecule has 0 aromatic heterocycles. The van der Waals surface area contributed by atoms with E-state index in [9.17, 15) is 0 Å². The number of nitrogens with zero attached hydrogens (tertiary/aromatic N) is 2. The third-order valence-corrected chi connectivity index (χ3v) is 2.93. The number of nitriles is 1. The van der Waals surface area contributed by atoms with Gasteiger partial charge in [-0.25, -0.2) is 0 Å². The predicted octanol–water partition coefficient (Wildman–Crippen LogP) is 1.61. The van der Waals surface area contributed by atoms with E-state index >= 15 is 0 Å². The Morgan fingerprint density at radius 3 is 2.83 bits per heavy atom. The highest BCUT2D eigenvalue weighted by Crippen LogP contribution is 2.18. The lowest BCUT2D eigenvalue weighted by atomic mass is 10.1. The number of likely N-dealkylation sites (N-methyl/N-ethyl adjacent to an activating group) is 1. The summed E-state index contributed by atoms with van der Waals surface area (Å²) in [5.41, 5.74) is 1.71. The molecule has 0 fully saturated rings. The highest BCUT2D eigenvalue weighted by atomic mass is 16.5. The summed E-state index contributed by atoms with van der Waals surface area (Å²) in [5.74, 6) is 0.641. The van der Waals surface area contributed by atoms with Gasteiger partial charge in [-0.2, -0.15) is 5.26 Å². The van der Waals surface area contributed by atoms with Crippen LogP contribution in [0.5, 0.6) is 5.75 Å². The van der Waals surface area contributed by atoms with Crippen molar-refractivity contribution in [3.63, 3.8) is 0 Å². The molecule has 0 amide bonds. The van der Waals surface area contributed by atoms with Gasteiger partial charge in [0.1, 0.15) is 11.8 Å². The summed E-state index contributed by atoms with van der Waals surface area (Å²) in [6, 6.07) is 7.78. The van der Waals surface area contributed by atoms with Crippen LogP contribution in [-0.4, -0.2) is 38.7 Å². The first-order valence-electron chi connectivity index (χ1n) is 6.17. The quantitative estimate of drug-likeness (QED) is 0.744. The Labute approximate surface area is 109 Å². The molecule has 0 bridgehead atoms. The molecular formula is C14H21N3O. The van der Waals surface area contributed by atoms with E-state index in [2.05, 4.69) is 30.3 Å². The molecule has 1 aromatic rings.